The second-order valence-corrected chi connectivity index (χ2v) is 6.07. The number of β-amino-alcohol motifs (C(OH)–C–C–N with tert-alkyl or cyclic N) is 1. The first kappa shape index (κ1) is 16.8. The molecule has 1 aliphatic rings. The van der Waals surface area contributed by atoms with Crippen LogP contribution in [-0.2, 0) is 13.0 Å². The molecular formula is C16H18ClN5O2. The smallest absolute Gasteiger partial charge is 0.270 e. The van der Waals surface area contributed by atoms with E-state index in [1.54, 1.807) is 6.20 Å². The standard InChI is InChI=1S/C16H18ClN5O2/c17-15-6-14(20-10-21-15)16(24)19-7-12(23)9-22-5-3-13-11(8-22)2-1-4-18-13/h1-2,4,6,10,12,23H,3,5,7-9H2,(H,19,24)/t12-/m0/s1. The predicted molar refractivity (Wildman–Crippen MR) is 88.6 cm³/mol. The van der Waals surface area contributed by atoms with Gasteiger partial charge in [0.15, 0.2) is 0 Å². The van der Waals surface area contributed by atoms with E-state index >= 15 is 0 Å². The van der Waals surface area contributed by atoms with Crippen molar-refractivity contribution in [3.05, 3.63) is 52.8 Å². The number of halogens is 1. The van der Waals surface area contributed by atoms with Gasteiger partial charge in [-0.2, -0.15) is 0 Å². The Balaban J connectivity index is 1.48. The monoisotopic (exact) mass is 347 g/mol. The van der Waals surface area contributed by atoms with Crippen LogP contribution in [0, 0.1) is 0 Å². The van der Waals surface area contributed by atoms with E-state index in [9.17, 15) is 9.90 Å². The third-order valence-corrected chi connectivity index (χ3v) is 4.08. The van der Waals surface area contributed by atoms with Gasteiger partial charge in [0.2, 0.25) is 0 Å². The Morgan fingerprint density at radius 2 is 2.29 bits per heavy atom. The van der Waals surface area contributed by atoms with Gasteiger partial charge in [0.25, 0.3) is 5.91 Å². The Morgan fingerprint density at radius 1 is 1.42 bits per heavy atom. The summed E-state index contributed by atoms with van der Waals surface area (Å²) in [7, 11) is 0. The summed E-state index contributed by atoms with van der Waals surface area (Å²) in [4.78, 5) is 26.1. The largest absolute Gasteiger partial charge is 0.390 e. The minimum absolute atomic E-state index is 0.150. The van der Waals surface area contributed by atoms with Crippen molar-refractivity contribution in [2.45, 2.75) is 19.1 Å². The normalized spacial score (nSPS) is 15.6. The Morgan fingerprint density at radius 3 is 3.12 bits per heavy atom. The van der Waals surface area contributed by atoms with Gasteiger partial charge in [-0.15, -0.1) is 0 Å². The molecule has 0 saturated heterocycles. The van der Waals surface area contributed by atoms with Crippen LogP contribution in [0.15, 0.2) is 30.7 Å². The van der Waals surface area contributed by atoms with Crippen molar-refractivity contribution in [3.8, 4) is 0 Å². The molecule has 0 saturated carbocycles. The minimum Gasteiger partial charge on any atom is -0.390 e. The van der Waals surface area contributed by atoms with Crippen LogP contribution in [0.3, 0.4) is 0 Å². The molecule has 7 nitrogen and oxygen atoms in total. The molecule has 2 aromatic heterocycles. The maximum atomic E-state index is 12.0. The Bertz CT molecular complexity index is 727. The zero-order valence-corrected chi connectivity index (χ0v) is 13.8. The Kier molecular flexibility index (Phi) is 5.34. The van der Waals surface area contributed by atoms with Gasteiger partial charge in [-0.1, -0.05) is 17.7 Å². The van der Waals surface area contributed by atoms with E-state index in [-0.39, 0.29) is 23.3 Å². The molecule has 2 N–H and O–H groups in total. The predicted octanol–water partition coefficient (Wildman–Crippen LogP) is 0.674. The second-order valence-electron chi connectivity index (χ2n) is 5.68. The molecule has 0 fully saturated rings. The highest BCUT2D eigenvalue weighted by Gasteiger charge is 2.19. The number of amides is 1. The van der Waals surface area contributed by atoms with Crippen molar-refractivity contribution in [2.75, 3.05) is 19.6 Å². The number of hydrogen-bond donors (Lipinski definition) is 2. The lowest BCUT2D eigenvalue weighted by atomic mass is 10.1. The van der Waals surface area contributed by atoms with Crippen molar-refractivity contribution < 1.29 is 9.90 Å². The van der Waals surface area contributed by atoms with Gasteiger partial charge in [-0.25, -0.2) is 9.97 Å². The maximum Gasteiger partial charge on any atom is 0.270 e. The number of aliphatic hydroxyl groups is 1. The molecule has 0 aliphatic carbocycles. The summed E-state index contributed by atoms with van der Waals surface area (Å²) in [5.74, 6) is -0.383. The van der Waals surface area contributed by atoms with Crippen LogP contribution < -0.4 is 5.32 Å². The molecule has 1 amide bonds. The van der Waals surface area contributed by atoms with Crippen molar-refractivity contribution in [3.63, 3.8) is 0 Å². The SMILES string of the molecule is O=C(NC[C@H](O)CN1CCc2ncccc2C1)c1cc(Cl)ncn1. The molecule has 1 aliphatic heterocycles. The number of aromatic nitrogens is 3. The number of fused-ring (bicyclic) bond motifs is 1. The highest BCUT2D eigenvalue weighted by Crippen LogP contribution is 2.16. The highest BCUT2D eigenvalue weighted by molar-refractivity contribution is 6.29. The van der Waals surface area contributed by atoms with Crippen LogP contribution in [0.1, 0.15) is 21.7 Å². The Labute approximate surface area is 144 Å². The van der Waals surface area contributed by atoms with Gasteiger partial charge in [-0.05, 0) is 11.6 Å². The van der Waals surface area contributed by atoms with E-state index in [0.717, 1.165) is 25.2 Å². The molecule has 0 aromatic carbocycles. The van der Waals surface area contributed by atoms with Gasteiger partial charge < -0.3 is 10.4 Å². The Hall–Kier alpha value is -2.09. The molecule has 3 rings (SSSR count). The van der Waals surface area contributed by atoms with Gasteiger partial charge in [0.1, 0.15) is 17.2 Å². The first-order valence-corrected chi connectivity index (χ1v) is 8.08. The van der Waals surface area contributed by atoms with Crippen LogP contribution in [-0.4, -0.2) is 56.6 Å². The van der Waals surface area contributed by atoms with Gasteiger partial charge in [-0.3, -0.25) is 14.7 Å². The first-order valence-electron chi connectivity index (χ1n) is 7.71. The van der Waals surface area contributed by atoms with Crippen LogP contribution in [0.4, 0.5) is 0 Å². The van der Waals surface area contributed by atoms with Crippen molar-refractivity contribution in [1.29, 1.82) is 0 Å². The lowest BCUT2D eigenvalue weighted by molar-refractivity contribution is 0.0837. The number of carbonyl (C=O) groups is 1. The quantitative estimate of drug-likeness (QED) is 0.773. The van der Waals surface area contributed by atoms with Crippen molar-refractivity contribution in [1.82, 2.24) is 25.2 Å². The first-order chi connectivity index (χ1) is 11.6. The number of nitrogens with one attached hydrogen (secondary N) is 1. The summed E-state index contributed by atoms with van der Waals surface area (Å²) >= 11 is 5.73. The lowest BCUT2D eigenvalue weighted by Crippen LogP contribution is -2.42. The van der Waals surface area contributed by atoms with Crippen LogP contribution >= 0.6 is 11.6 Å². The average molecular weight is 348 g/mol. The summed E-state index contributed by atoms with van der Waals surface area (Å²) < 4.78 is 0. The lowest BCUT2D eigenvalue weighted by Gasteiger charge is -2.29. The van der Waals surface area contributed by atoms with E-state index in [4.69, 9.17) is 11.6 Å². The summed E-state index contributed by atoms with van der Waals surface area (Å²) in [5, 5.41) is 13.0. The fourth-order valence-electron chi connectivity index (χ4n) is 2.70. The summed E-state index contributed by atoms with van der Waals surface area (Å²) in [6.07, 6.45) is 3.24. The van der Waals surface area contributed by atoms with Gasteiger partial charge in [0.05, 0.1) is 6.10 Å². The summed E-state index contributed by atoms with van der Waals surface area (Å²) in [6.45, 7) is 2.24. The molecule has 0 unspecified atom stereocenters. The van der Waals surface area contributed by atoms with E-state index < -0.39 is 6.10 Å². The molecule has 0 radical (unpaired) electrons. The molecule has 8 heteroatoms. The fraction of sp³-hybridized carbons (Fsp3) is 0.375. The molecule has 0 bridgehead atoms. The van der Waals surface area contributed by atoms with E-state index in [2.05, 4.69) is 31.2 Å². The van der Waals surface area contributed by atoms with Crippen LogP contribution in [0.25, 0.3) is 0 Å². The molecule has 126 valence electrons. The number of carbonyl (C=O) groups excluding carboxylic acids is 1. The topological polar surface area (TPSA) is 91.2 Å². The fourth-order valence-corrected chi connectivity index (χ4v) is 2.85. The number of pyridine rings is 1. The van der Waals surface area contributed by atoms with Crippen molar-refractivity contribution in [2.24, 2.45) is 0 Å². The average Bonchev–Trinajstić information content (AvgIpc) is 2.59. The minimum atomic E-state index is -0.663. The maximum absolute atomic E-state index is 12.0. The summed E-state index contributed by atoms with van der Waals surface area (Å²) in [6, 6.07) is 5.37. The summed E-state index contributed by atoms with van der Waals surface area (Å²) in [5.41, 5.74) is 2.49. The van der Waals surface area contributed by atoms with Crippen LogP contribution in [0.2, 0.25) is 5.15 Å². The zero-order chi connectivity index (χ0) is 16.9. The van der Waals surface area contributed by atoms with Gasteiger partial charge in [0, 0.05) is 50.6 Å². The highest BCUT2D eigenvalue weighted by atomic mass is 35.5. The van der Waals surface area contributed by atoms with Crippen LogP contribution in [0.5, 0.6) is 0 Å². The molecule has 2 aromatic rings. The molecule has 24 heavy (non-hydrogen) atoms. The second kappa shape index (κ2) is 7.65. The number of rotatable bonds is 5. The molecule has 0 spiro atoms. The third kappa shape index (κ3) is 4.25. The molecule has 3 heterocycles. The number of nitrogens with zero attached hydrogens (tertiary/aromatic N) is 4. The van der Waals surface area contributed by atoms with E-state index in [1.165, 1.54) is 18.0 Å². The van der Waals surface area contributed by atoms with Gasteiger partial charge >= 0.3 is 0 Å². The zero-order valence-electron chi connectivity index (χ0n) is 13.0. The molecule has 1 atom stereocenters. The number of aliphatic hydroxyl groups excluding tert-OH is 1. The van der Waals surface area contributed by atoms with E-state index in [1.807, 2.05) is 6.07 Å². The third-order valence-electron chi connectivity index (χ3n) is 3.88. The van der Waals surface area contributed by atoms with E-state index in [0.29, 0.717) is 6.54 Å². The molecular weight excluding hydrogens is 330 g/mol. The number of hydrogen-bond acceptors (Lipinski definition) is 6. The van der Waals surface area contributed by atoms with Crippen molar-refractivity contribution >= 4 is 17.5 Å².